The Morgan fingerprint density at radius 2 is 2.33 bits per heavy atom. The average molecular weight is 208 g/mol. The predicted molar refractivity (Wildman–Crippen MR) is 58.8 cm³/mol. The van der Waals surface area contributed by atoms with Gasteiger partial charge in [-0.25, -0.2) is 15.0 Å². The quantitative estimate of drug-likeness (QED) is 0.458. The van der Waals surface area contributed by atoms with Crippen LogP contribution in [-0.2, 0) is 0 Å². The van der Waals surface area contributed by atoms with Gasteiger partial charge < -0.3 is 5.73 Å². The normalized spacial score (nSPS) is 12.7. The molecule has 0 aliphatic carbocycles. The first-order chi connectivity index (χ1) is 7.13. The molecule has 0 aliphatic rings. The molecule has 1 aromatic rings. The van der Waals surface area contributed by atoms with E-state index in [1.165, 1.54) is 18.6 Å². The fraction of sp³-hybridized carbons (Fsp3) is 0.300. The third-order valence-corrected chi connectivity index (χ3v) is 1.68. The summed E-state index contributed by atoms with van der Waals surface area (Å²) in [5.41, 5.74) is 5.67. The molecule has 0 fully saturated rings. The minimum atomic E-state index is -0.559. The van der Waals surface area contributed by atoms with Crippen molar-refractivity contribution >= 4 is 17.9 Å². The second-order valence-corrected chi connectivity index (χ2v) is 3.24. The molecule has 1 heterocycles. The van der Waals surface area contributed by atoms with Gasteiger partial charge in [0.1, 0.15) is 5.84 Å². The van der Waals surface area contributed by atoms with Gasteiger partial charge in [-0.05, 0) is 6.07 Å². The summed E-state index contributed by atoms with van der Waals surface area (Å²) >= 11 is 0. The van der Waals surface area contributed by atoms with Crippen LogP contribution < -0.4 is 5.73 Å². The lowest BCUT2D eigenvalue weighted by molar-refractivity contribution is 0.584. The first kappa shape index (κ1) is 11.3. The van der Waals surface area contributed by atoms with Crippen LogP contribution in [0.5, 0.6) is 0 Å². The van der Waals surface area contributed by atoms with Crippen LogP contribution in [0.25, 0.3) is 0 Å². The number of hydrogen-bond donors (Lipinski definition) is 1. The highest BCUT2D eigenvalue weighted by Crippen LogP contribution is 2.13. The fourth-order valence-electron chi connectivity index (χ4n) is 0.977. The molecule has 0 amide bonds. The molecule has 2 N–H and O–H groups in total. The van der Waals surface area contributed by atoms with Crippen LogP contribution in [0.15, 0.2) is 28.3 Å². The molecule has 0 atom stereocenters. The zero-order chi connectivity index (χ0) is 11.3. The Kier molecular flexibility index (Phi) is 3.91. The largest absolute Gasteiger partial charge is 0.390 e. The highest BCUT2D eigenvalue weighted by molar-refractivity contribution is 5.91. The van der Waals surface area contributed by atoms with Crippen LogP contribution in [0, 0.1) is 11.9 Å². The SMILES string of the molecule is CC(C)C(N=CN)=Nc1ccnc(F)c1. The molecule has 1 aromatic heterocycles. The molecule has 15 heavy (non-hydrogen) atoms. The number of halogens is 1. The smallest absolute Gasteiger partial charge is 0.214 e. The number of hydrogen-bond acceptors (Lipinski definition) is 2. The summed E-state index contributed by atoms with van der Waals surface area (Å²) in [6.45, 7) is 3.87. The Balaban J connectivity index is 3.02. The zero-order valence-electron chi connectivity index (χ0n) is 8.68. The van der Waals surface area contributed by atoms with Gasteiger partial charge in [-0.2, -0.15) is 4.39 Å². The Morgan fingerprint density at radius 3 is 2.87 bits per heavy atom. The van der Waals surface area contributed by atoms with Crippen LogP contribution in [0.2, 0.25) is 0 Å². The van der Waals surface area contributed by atoms with Gasteiger partial charge >= 0.3 is 0 Å². The van der Waals surface area contributed by atoms with Crippen molar-refractivity contribution in [3.8, 4) is 0 Å². The molecule has 0 bridgehead atoms. The van der Waals surface area contributed by atoms with Crippen molar-refractivity contribution in [1.82, 2.24) is 4.98 Å². The van der Waals surface area contributed by atoms with Crippen molar-refractivity contribution in [2.24, 2.45) is 21.6 Å². The summed E-state index contributed by atoms with van der Waals surface area (Å²) in [5.74, 6) is 0.125. The highest BCUT2D eigenvalue weighted by Gasteiger charge is 2.03. The predicted octanol–water partition coefficient (Wildman–Crippen LogP) is 1.89. The molecule has 0 unspecified atom stereocenters. The van der Waals surface area contributed by atoms with Crippen LogP contribution in [-0.4, -0.2) is 17.2 Å². The Hall–Kier alpha value is -1.78. The minimum absolute atomic E-state index is 0.126. The first-order valence-corrected chi connectivity index (χ1v) is 4.58. The van der Waals surface area contributed by atoms with Crippen molar-refractivity contribution in [2.75, 3.05) is 0 Å². The summed E-state index contributed by atoms with van der Waals surface area (Å²) in [6, 6.07) is 2.85. The molecule has 0 saturated heterocycles. The Bertz CT molecular complexity index is 385. The van der Waals surface area contributed by atoms with Gasteiger partial charge in [0.25, 0.3) is 0 Å². The van der Waals surface area contributed by atoms with Gasteiger partial charge in [0, 0.05) is 18.2 Å². The molecule has 0 aliphatic heterocycles. The van der Waals surface area contributed by atoms with E-state index < -0.39 is 5.95 Å². The van der Waals surface area contributed by atoms with Crippen molar-refractivity contribution in [3.05, 3.63) is 24.3 Å². The molecule has 4 nitrogen and oxygen atoms in total. The Morgan fingerprint density at radius 1 is 1.60 bits per heavy atom. The van der Waals surface area contributed by atoms with Crippen LogP contribution in [0.1, 0.15) is 13.8 Å². The maximum atomic E-state index is 12.8. The van der Waals surface area contributed by atoms with Crippen LogP contribution >= 0.6 is 0 Å². The van der Waals surface area contributed by atoms with Crippen LogP contribution in [0.3, 0.4) is 0 Å². The molecule has 1 rings (SSSR count). The molecule has 0 saturated carbocycles. The number of pyridine rings is 1. The third kappa shape index (κ3) is 3.46. The van der Waals surface area contributed by atoms with E-state index in [4.69, 9.17) is 5.73 Å². The van der Waals surface area contributed by atoms with E-state index in [0.29, 0.717) is 11.5 Å². The molecular weight excluding hydrogens is 195 g/mol. The van der Waals surface area contributed by atoms with E-state index in [-0.39, 0.29) is 5.92 Å². The summed E-state index contributed by atoms with van der Waals surface area (Å²) in [7, 11) is 0. The van der Waals surface area contributed by atoms with E-state index in [1.54, 1.807) is 6.07 Å². The fourth-order valence-corrected chi connectivity index (χ4v) is 0.977. The molecule has 0 radical (unpaired) electrons. The second kappa shape index (κ2) is 5.19. The first-order valence-electron chi connectivity index (χ1n) is 4.58. The number of aromatic nitrogens is 1. The number of rotatable bonds is 2. The van der Waals surface area contributed by atoms with Gasteiger partial charge in [-0.1, -0.05) is 13.8 Å². The molecule has 80 valence electrons. The van der Waals surface area contributed by atoms with Crippen molar-refractivity contribution < 1.29 is 4.39 Å². The van der Waals surface area contributed by atoms with E-state index in [0.717, 1.165) is 0 Å². The van der Waals surface area contributed by atoms with E-state index in [1.807, 2.05) is 13.8 Å². The maximum absolute atomic E-state index is 12.8. The summed E-state index contributed by atoms with van der Waals surface area (Å²) in [6.07, 6.45) is 2.54. The minimum Gasteiger partial charge on any atom is -0.390 e. The van der Waals surface area contributed by atoms with Gasteiger partial charge in [0.2, 0.25) is 5.95 Å². The van der Waals surface area contributed by atoms with Gasteiger partial charge in [0.15, 0.2) is 0 Å². The summed E-state index contributed by atoms with van der Waals surface area (Å²) in [4.78, 5) is 11.5. The lowest BCUT2D eigenvalue weighted by atomic mass is 10.2. The van der Waals surface area contributed by atoms with Crippen molar-refractivity contribution in [3.63, 3.8) is 0 Å². The summed E-state index contributed by atoms with van der Waals surface area (Å²) < 4.78 is 12.8. The van der Waals surface area contributed by atoms with Crippen molar-refractivity contribution in [1.29, 1.82) is 0 Å². The molecular formula is C10H13FN4. The van der Waals surface area contributed by atoms with Crippen molar-refractivity contribution in [2.45, 2.75) is 13.8 Å². The third-order valence-electron chi connectivity index (χ3n) is 1.68. The van der Waals surface area contributed by atoms with E-state index in [9.17, 15) is 4.39 Å². The topological polar surface area (TPSA) is 63.6 Å². The number of nitrogens with zero attached hydrogens (tertiary/aromatic N) is 3. The summed E-state index contributed by atoms with van der Waals surface area (Å²) in [5, 5.41) is 0. The molecule has 0 spiro atoms. The van der Waals surface area contributed by atoms with E-state index >= 15 is 0 Å². The standard InChI is InChI=1S/C10H13FN4/c1-7(2)10(14-6-12)15-8-3-4-13-9(11)5-8/h3-7H,1-2H3,(H2,12,13,14,15). The number of nitrogens with two attached hydrogens (primary N) is 1. The van der Waals surface area contributed by atoms with Gasteiger partial charge in [-0.15, -0.1) is 0 Å². The monoisotopic (exact) mass is 208 g/mol. The number of aliphatic imine (C=N–C) groups is 2. The van der Waals surface area contributed by atoms with E-state index in [2.05, 4.69) is 15.0 Å². The maximum Gasteiger partial charge on any atom is 0.214 e. The highest BCUT2D eigenvalue weighted by atomic mass is 19.1. The lowest BCUT2D eigenvalue weighted by Gasteiger charge is -2.03. The lowest BCUT2D eigenvalue weighted by Crippen LogP contribution is -2.06. The average Bonchev–Trinajstić information content (AvgIpc) is 2.17. The van der Waals surface area contributed by atoms with Gasteiger partial charge in [-0.3, -0.25) is 0 Å². The molecule has 5 heteroatoms. The second-order valence-electron chi connectivity index (χ2n) is 3.24. The number of amidine groups is 1. The van der Waals surface area contributed by atoms with Crippen LogP contribution in [0.4, 0.5) is 10.1 Å². The molecule has 0 aromatic carbocycles. The Labute approximate surface area is 87.8 Å². The zero-order valence-corrected chi connectivity index (χ0v) is 8.68. The van der Waals surface area contributed by atoms with Gasteiger partial charge in [0.05, 0.1) is 12.0 Å².